The fourth-order valence-electron chi connectivity index (χ4n) is 7.34. The summed E-state index contributed by atoms with van der Waals surface area (Å²) in [6, 6.07) is 21.8. The molecule has 2 aliphatic rings. The van der Waals surface area contributed by atoms with Gasteiger partial charge in [0.2, 0.25) is 0 Å². The summed E-state index contributed by atoms with van der Waals surface area (Å²) in [5.74, 6) is 1.17. The normalized spacial score (nSPS) is 16.2. The van der Waals surface area contributed by atoms with Crippen molar-refractivity contribution in [1.29, 1.82) is 0 Å². The zero-order chi connectivity index (χ0) is 37.5. The molecule has 276 valence electrons. The summed E-state index contributed by atoms with van der Waals surface area (Å²) in [6.45, 7) is 23.7. The van der Waals surface area contributed by atoms with Crippen LogP contribution < -0.4 is 9.80 Å². The maximum Gasteiger partial charge on any atom is 0.259 e. The largest absolute Gasteiger partial charge is 0.308 e. The molecule has 4 aromatic rings. The highest BCUT2D eigenvalue weighted by molar-refractivity contribution is 7.24. The molecule has 0 saturated carbocycles. The van der Waals surface area contributed by atoms with Gasteiger partial charge in [-0.3, -0.25) is 9.59 Å². The van der Waals surface area contributed by atoms with Crippen LogP contribution in [0.2, 0.25) is 0 Å². The number of fused-ring (bicyclic) bond motifs is 2. The number of hydrogen-bond donors (Lipinski definition) is 0. The Morgan fingerprint density at radius 3 is 1.58 bits per heavy atom. The Kier molecular flexibility index (Phi) is 11.1. The standard InChI is InChI=1S/C46H58N2O2S2/c1-29(2)15-11-13-25-47-35-27-31(37-21-22-38(51-37)39-23-24-40(52-39)46(8,9)10)17-19-33(35)41(43(47)49)42-34-20-18-32(45(5,6)7)28-36(34)48(44(42)50)26-14-12-16-30(3)4/h17-24,27-30H,11-16,25-26H2,1-10H3/b42-41+. The number of benzene rings is 2. The third kappa shape index (κ3) is 7.89. The van der Waals surface area contributed by atoms with Gasteiger partial charge in [-0.15, -0.1) is 22.7 Å². The Hall–Kier alpha value is -3.48. The van der Waals surface area contributed by atoms with Crippen LogP contribution in [0.25, 0.3) is 31.3 Å². The summed E-state index contributed by atoms with van der Waals surface area (Å²) in [5.41, 5.74) is 7.12. The van der Waals surface area contributed by atoms with Crippen molar-refractivity contribution in [3.8, 4) is 20.2 Å². The van der Waals surface area contributed by atoms with Gasteiger partial charge in [0.1, 0.15) is 0 Å². The molecular formula is C46H58N2O2S2. The van der Waals surface area contributed by atoms with E-state index in [1.165, 1.54) is 25.1 Å². The zero-order valence-corrected chi connectivity index (χ0v) is 34.7. The van der Waals surface area contributed by atoms with Crippen LogP contribution in [0.5, 0.6) is 0 Å². The summed E-state index contributed by atoms with van der Waals surface area (Å²) in [4.78, 5) is 38.4. The fourth-order valence-corrected chi connectivity index (χ4v) is 9.50. The Balaban J connectivity index is 1.42. The molecule has 0 aliphatic carbocycles. The van der Waals surface area contributed by atoms with Gasteiger partial charge in [-0.05, 0) is 83.0 Å². The predicted octanol–water partition coefficient (Wildman–Crippen LogP) is 13.0. The molecule has 0 bridgehead atoms. The van der Waals surface area contributed by atoms with Gasteiger partial charge in [0, 0.05) is 43.7 Å². The fraction of sp³-hybridized carbons (Fsp3) is 0.478. The first-order chi connectivity index (χ1) is 24.5. The first-order valence-electron chi connectivity index (χ1n) is 19.4. The van der Waals surface area contributed by atoms with E-state index in [-0.39, 0.29) is 22.6 Å². The van der Waals surface area contributed by atoms with Crippen molar-refractivity contribution in [1.82, 2.24) is 0 Å². The number of hydrogen-bond acceptors (Lipinski definition) is 4. The van der Waals surface area contributed by atoms with Gasteiger partial charge in [-0.1, -0.05) is 119 Å². The van der Waals surface area contributed by atoms with Crippen LogP contribution in [-0.4, -0.2) is 24.9 Å². The van der Waals surface area contributed by atoms with Crippen LogP contribution in [0.1, 0.15) is 129 Å². The second-order valence-electron chi connectivity index (χ2n) is 17.7. The van der Waals surface area contributed by atoms with E-state index >= 15 is 0 Å². The average Bonchev–Trinajstić information content (AvgIpc) is 3.85. The van der Waals surface area contributed by atoms with Gasteiger partial charge in [-0.25, -0.2) is 0 Å². The maximum atomic E-state index is 14.7. The Morgan fingerprint density at radius 1 is 0.558 bits per heavy atom. The quantitative estimate of drug-likeness (QED) is 0.107. The van der Waals surface area contributed by atoms with Gasteiger partial charge in [0.25, 0.3) is 11.8 Å². The van der Waals surface area contributed by atoms with E-state index in [0.29, 0.717) is 36.1 Å². The van der Waals surface area contributed by atoms with Crippen LogP contribution in [0, 0.1) is 11.8 Å². The topological polar surface area (TPSA) is 40.6 Å². The molecule has 2 aromatic carbocycles. The number of carbonyl (C=O) groups excluding carboxylic acids is 2. The molecule has 0 spiro atoms. The molecule has 0 unspecified atom stereocenters. The van der Waals surface area contributed by atoms with Crippen molar-refractivity contribution in [2.75, 3.05) is 22.9 Å². The number of thiophene rings is 2. The van der Waals surface area contributed by atoms with E-state index in [1.807, 2.05) is 21.1 Å². The number of amides is 2. The Morgan fingerprint density at radius 2 is 1.06 bits per heavy atom. The van der Waals surface area contributed by atoms with Gasteiger partial charge in [0.05, 0.1) is 22.5 Å². The molecule has 2 amide bonds. The van der Waals surface area contributed by atoms with Crippen LogP contribution in [-0.2, 0) is 20.4 Å². The molecule has 0 atom stereocenters. The molecule has 6 heteroatoms. The smallest absolute Gasteiger partial charge is 0.259 e. The molecule has 4 nitrogen and oxygen atoms in total. The lowest BCUT2D eigenvalue weighted by Gasteiger charge is -2.22. The van der Waals surface area contributed by atoms with Crippen LogP contribution in [0.15, 0.2) is 60.7 Å². The van der Waals surface area contributed by atoms with E-state index in [2.05, 4.69) is 130 Å². The van der Waals surface area contributed by atoms with Gasteiger partial charge in [0.15, 0.2) is 0 Å². The Labute approximate surface area is 321 Å². The van der Waals surface area contributed by atoms with E-state index < -0.39 is 0 Å². The molecule has 0 fully saturated rings. The van der Waals surface area contributed by atoms with Gasteiger partial charge < -0.3 is 9.80 Å². The van der Waals surface area contributed by atoms with Crippen LogP contribution in [0.3, 0.4) is 0 Å². The van der Waals surface area contributed by atoms with Crippen molar-refractivity contribution >= 4 is 57.0 Å². The number of anilines is 2. The molecule has 0 N–H and O–H groups in total. The van der Waals surface area contributed by atoms with Crippen molar-refractivity contribution in [2.45, 2.75) is 119 Å². The van der Waals surface area contributed by atoms with Crippen molar-refractivity contribution < 1.29 is 9.59 Å². The minimum absolute atomic E-state index is 0.0425. The predicted molar refractivity (Wildman–Crippen MR) is 226 cm³/mol. The van der Waals surface area contributed by atoms with E-state index in [1.54, 1.807) is 11.3 Å². The van der Waals surface area contributed by atoms with Gasteiger partial charge in [-0.2, -0.15) is 0 Å². The monoisotopic (exact) mass is 734 g/mol. The number of nitrogens with zero attached hydrogens (tertiary/aromatic N) is 2. The van der Waals surface area contributed by atoms with Crippen LogP contribution >= 0.6 is 22.7 Å². The number of carbonyl (C=O) groups is 2. The molecule has 4 heterocycles. The summed E-state index contributed by atoms with van der Waals surface area (Å²) >= 11 is 3.67. The molecule has 2 aliphatic heterocycles. The molecule has 0 saturated heterocycles. The highest BCUT2D eigenvalue weighted by atomic mass is 32.1. The summed E-state index contributed by atoms with van der Waals surface area (Å²) in [7, 11) is 0. The molecule has 52 heavy (non-hydrogen) atoms. The van der Waals surface area contributed by atoms with E-state index in [0.717, 1.165) is 66.6 Å². The third-order valence-electron chi connectivity index (χ3n) is 10.5. The van der Waals surface area contributed by atoms with Crippen molar-refractivity contribution in [2.24, 2.45) is 11.8 Å². The lowest BCUT2D eigenvalue weighted by atomic mass is 9.85. The zero-order valence-electron chi connectivity index (χ0n) is 33.1. The van der Waals surface area contributed by atoms with Crippen molar-refractivity contribution in [3.05, 3.63) is 82.2 Å². The minimum Gasteiger partial charge on any atom is -0.308 e. The van der Waals surface area contributed by atoms with Crippen LogP contribution in [0.4, 0.5) is 11.4 Å². The first kappa shape index (κ1) is 38.3. The molecule has 2 aromatic heterocycles. The van der Waals surface area contributed by atoms with E-state index in [4.69, 9.17) is 0 Å². The average molecular weight is 735 g/mol. The third-order valence-corrected chi connectivity index (χ3v) is 13.3. The van der Waals surface area contributed by atoms with Gasteiger partial charge >= 0.3 is 0 Å². The summed E-state index contributed by atoms with van der Waals surface area (Å²) in [6.07, 6.45) is 6.28. The number of rotatable bonds is 12. The molecular weight excluding hydrogens is 677 g/mol. The first-order valence-corrected chi connectivity index (χ1v) is 21.1. The SMILES string of the molecule is CC(C)CCCCN1C(=O)/C(=C2/C(=O)N(CCCCC(C)C)c3cc(C(C)(C)C)ccc32)c2ccc(-c3ccc(-c4ccc(C(C)(C)C)s4)s3)cc21. The minimum atomic E-state index is -0.0592. The second kappa shape index (κ2) is 15.1. The van der Waals surface area contributed by atoms with E-state index in [9.17, 15) is 9.59 Å². The summed E-state index contributed by atoms with van der Waals surface area (Å²) in [5, 5.41) is 0. The van der Waals surface area contributed by atoms with Crippen molar-refractivity contribution in [3.63, 3.8) is 0 Å². The molecule has 0 radical (unpaired) electrons. The highest BCUT2D eigenvalue weighted by Crippen LogP contribution is 2.49. The number of unbranched alkanes of at least 4 members (excludes halogenated alkanes) is 2. The maximum absolute atomic E-state index is 14.7. The summed E-state index contributed by atoms with van der Waals surface area (Å²) < 4.78 is 0. The lowest BCUT2D eigenvalue weighted by molar-refractivity contribution is -0.114. The highest BCUT2D eigenvalue weighted by Gasteiger charge is 2.42. The lowest BCUT2D eigenvalue weighted by Crippen LogP contribution is -2.30. The second-order valence-corrected chi connectivity index (χ2v) is 19.9. The Bertz CT molecular complexity index is 1980. The molecule has 6 rings (SSSR count).